The van der Waals surface area contributed by atoms with Crippen LogP contribution in [0.4, 0.5) is 11.4 Å². The van der Waals surface area contributed by atoms with E-state index in [1.54, 1.807) is 0 Å². The third-order valence-electron chi connectivity index (χ3n) is 5.14. The van der Waals surface area contributed by atoms with Crippen LogP contribution in [0.1, 0.15) is 17.2 Å². The smallest absolute Gasteiger partial charge is 0.251 e. The van der Waals surface area contributed by atoms with Gasteiger partial charge in [-0.3, -0.25) is 4.79 Å². The van der Waals surface area contributed by atoms with E-state index < -0.39 is 6.04 Å². The van der Waals surface area contributed by atoms with Gasteiger partial charge in [-0.25, -0.2) is 0 Å². The van der Waals surface area contributed by atoms with E-state index in [9.17, 15) is 4.79 Å². The van der Waals surface area contributed by atoms with Gasteiger partial charge in [-0.1, -0.05) is 60.7 Å². The summed E-state index contributed by atoms with van der Waals surface area (Å²) in [6.07, 6.45) is 1.96. The number of nitrogens with zero attached hydrogens (tertiary/aromatic N) is 1. The lowest BCUT2D eigenvalue weighted by atomic mass is 9.98. The van der Waals surface area contributed by atoms with Crippen molar-refractivity contribution in [3.8, 4) is 0 Å². The Bertz CT molecular complexity index is 1120. The standard InChI is InChI=1S/C23H19N3O/c27-23-22(18-14-24-19-11-5-4-10-17(18)19)26(15-16-8-2-1-3-9-16)21-13-7-6-12-20(21)25-23/h1-14,22,24H,15H2,(H,25,27)/t22-/m1/s1. The molecule has 2 N–H and O–H groups in total. The summed E-state index contributed by atoms with van der Waals surface area (Å²) in [7, 11) is 0. The fourth-order valence-electron chi connectivity index (χ4n) is 3.90. The average molecular weight is 353 g/mol. The highest BCUT2D eigenvalue weighted by atomic mass is 16.2. The minimum Gasteiger partial charge on any atom is -0.361 e. The van der Waals surface area contributed by atoms with E-state index in [-0.39, 0.29) is 5.91 Å². The molecule has 0 unspecified atom stereocenters. The zero-order valence-corrected chi connectivity index (χ0v) is 14.7. The molecule has 4 nitrogen and oxygen atoms in total. The van der Waals surface area contributed by atoms with Gasteiger partial charge in [0.25, 0.3) is 5.91 Å². The molecule has 1 aliphatic heterocycles. The Morgan fingerprint density at radius 3 is 2.48 bits per heavy atom. The van der Waals surface area contributed by atoms with E-state index in [1.807, 2.05) is 60.8 Å². The number of carbonyl (C=O) groups is 1. The second kappa shape index (κ2) is 6.32. The number of fused-ring (bicyclic) bond motifs is 2. The molecule has 0 bridgehead atoms. The average Bonchev–Trinajstić information content (AvgIpc) is 3.13. The number of carbonyl (C=O) groups excluding carboxylic acids is 1. The molecule has 3 aromatic carbocycles. The Hall–Kier alpha value is -3.53. The maximum absolute atomic E-state index is 13.1. The fourth-order valence-corrected chi connectivity index (χ4v) is 3.90. The van der Waals surface area contributed by atoms with Crippen LogP contribution >= 0.6 is 0 Å². The van der Waals surface area contributed by atoms with Crippen LogP contribution in [-0.4, -0.2) is 10.9 Å². The number of nitrogens with one attached hydrogen (secondary N) is 2. The van der Waals surface area contributed by atoms with Gasteiger partial charge in [0.1, 0.15) is 6.04 Å². The van der Waals surface area contributed by atoms with Crippen molar-refractivity contribution in [3.05, 3.63) is 96.2 Å². The minimum atomic E-state index is -0.392. The number of hydrogen-bond acceptors (Lipinski definition) is 2. The monoisotopic (exact) mass is 353 g/mol. The number of hydrogen-bond donors (Lipinski definition) is 2. The first kappa shape index (κ1) is 15.7. The van der Waals surface area contributed by atoms with E-state index in [1.165, 1.54) is 5.56 Å². The number of benzene rings is 3. The van der Waals surface area contributed by atoms with E-state index in [2.05, 4.69) is 39.5 Å². The largest absolute Gasteiger partial charge is 0.361 e. The number of aromatic nitrogens is 1. The molecule has 4 heteroatoms. The van der Waals surface area contributed by atoms with Gasteiger partial charge >= 0.3 is 0 Å². The van der Waals surface area contributed by atoms with Crippen molar-refractivity contribution in [2.45, 2.75) is 12.6 Å². The van der Waals surface area contributed by atoms with E-state index in [0.29, 0.717) is 6.54 Å². The summed E-state index contributed by atoms with van der Waals surface area (Å²) in [5, 5.41) is 4.16. The molecule has 1 amide bonds. The second-order valence-corrected chi connectivity index (χ2v) is 6.81. The van der Waals surface area contributed by atoms with Gasteiger partial charge in [0.05, 0.1) is 11.4 Å². The van der Waals surface area contributed by atoms with Crippen molar-refractivity contribution >= 4 is 28.2 Å². The van der Waals surface area contributed by atoms with Crippen molar-refractivity contribution in [1.29, 1.82) is 0 Å². The number of para-hydroxylation sites is 3. The number of aromatic amines is 1. The van der Waals surface area contributed by atoms with Crippen LogP contribution in [0.5, 0.6) is 0 Å². The van der Waals surface area contributed by atoms with Crippen LogP contribution in [0, 0.1) is 0 Å². The van der Waals surface area contributed by atoms with Crippen LogP contribution in [0.25, 0.3) is 10.9 Å². The number of amides is 1. The van der Waals surface area contributed by atoms with Gasteiger partial charge < -0.3 is 15.2 Å². The van der Waals surface area contributed by atoms with E-state index in [4.69, 9.17) is 0 Å². The molecule has 0 aliphatic carbocycles. The summed E-state index contributed by atoms with van der Waals surface area (Å²) in [5.74, 6) is -0.00520. The fraction of sp³-hybridized carbons (Fsp3) is 0.0870. The van der Waals surface area contributed by atoms with Crippen LogP contribution in [-0.2, 0) is 11.3 Å². The molecular formula is C23H19N3O. The normalized spacial score (nSPS) is 16.2. The molecule has 27 heavy (non-hydrogen) atoms. The zero-order valence-electron chi connectivity index (χ0n) is 14.7. The maximum Gasteiger partial charge on any atom is 0.251 e. The molecule has 4 aromatic rings. The topological polar surface area (TPSA) is 48.1 Å². The SMILES string of the molecule is O=C1Nc2ccccc2N(Cc2ccccc2)[C@@H]1c1c[nH]c2ccccc12. The predicted octanol–water partition coefficient (Wildman–Crippen LogP) is 4.87. The van der Waals surface area contributed by atoms with E-state index in [0.717, 1.165) is 27.8 Å². The highest BCUT2D eigenvalue weighted by Gasteiger charge is 2.35. The van der Waals surface area contributed by atoms with Crippen LogP contribution in [0.15, 0.2) is 85.1 Å². The van der Waals surface area contributed by atoms with Gasteiger partial charge in [0.15, 0.2) is 0 Å². The molecule has 0 fully saturated rings. The zero-order chi connectivity index (χ0) is 18.2. The van der Waals surface area contributed by atoms with Crippen molar-refractivity contribution in [2.24, 2.45) is 0 Å². The first-order valence-corrected chi connectivity index (χ1v) is 9.08. The summed E-state index contributed by atoms with van der Waals surface area (Å²) in [6, 6.07) is 26.0. The molecule has 1 aromatic heterocycles. The van der Waals surface area contributed by atoms with E-state index >= 15 is 0 Å². The van der Waals surface area contributed by atoms with Crippen LogP contribution in [0.2, 0.25) is 0 Å². The Balaban J connectivity index is 1.66. The van der Waals surface area contributed by atoms with Crippen molar-refractivity contribution in [3.63, 3.8) is 0 Å². The van der Waals surface area contributed by atoms with Gasteiger partial charge in [-0.05, 0) is 23.8 Å². The maximum atomic E-state index is 13.1. The molecule has 0 radical (unpaired) electrons. The highest BCUT2D eigenvalue weighted by molar-refractivity contribution is 6.06. The lowest BCUT2D eigenvalue weighted by Crippen LogP contribution is -2.41. The molecule has 0 saturated carbocycles. The summed E-state index contributed by atoms with van der Waals surface area (Å²) < 4.78 is 0. The molecule has 0 saturated heterocycles. The number of rotatable bonds is 3. The van der Waals surface area contributed by atoms with Gasteiger partial charge in [-0.2, -0.15) is 0 Å². The first-order valence-electron chi connectivity index (χ1n) is 9.08. The summed E-state index contributed by atoms with van der Waals surface area (Å²) >= 11 is 0. The highest BCUT2D eigenvalue weighted by Crippen LogP contribution is 2.41. The molecule has 0 spiro atoms. The Kier molecular flexibility index (Phi) is 3.68. The van der Waals surface area contributed by atoms with Crippen LogP contribution < -0.4 is 10.2 Å². The Labute approximate surface area is 157 Å². The van der Waals surface area contributed by atoms with Crippen LogP contribution in [0.3, 0.4) is 0 Å². The van der Waals surface area contributed by atoms with Crippen molar-refractivity contribution < 1.29 is 4.79 Å². The molecule has 1 atom stereocenters. The van der Waals surface area contributed by atoms with Gasteiger partial charge in [0.2, 0.25) is 0 Å². The molecule has 1 aliphatic rings. The minimum absolute atomic E-state index is 0.00520. The Morgan fingerprint density at radius 1 is 0.852 bits per heavy atom. The first-order chi connectivity index (χ1) is 13.3. The third kappa shape index (κ3) is 2.66. The van der Waals surface area contributed by atoms with Gasteiger partial charge in [-0.15, -0.1) is 0 Å². The molecule has 2 heterocycles. The third-order valence-corrected chi connectivity index (χ3v) is 5.14. The van der Waals surface area contributed by atoms with Crippen molar-refractivity contribution in [1.82, 2.24) is 4.98 Å². The molecule has 5 rings (SSSR count). The Morgan fingerprint density at radius 2 is 1.59 bits per heavy atom. The summed E-state index contributed by atoms with van der Waals surface area (Å²) in [5.41, 5.74) is 5.10. The lowest BCUT2D eigenvalue weighted by Gasteiger charge is -2.38. The molecule has 132 valence electrons. The second-order valence-electron chi connectivity index (χ2n) is 6.81. The predicted molar refractivity (Wildman–Crippen MR) is 109 cm³/mol. The lowest BCUT2D eigenvalue weighted by molar-refractivity contribution is -0.117. The number of anilines is 2. The summed E-state index contributed by atoms with van der Waals surface area (Å²) in [6.45, 7) is 0.662. The van der Waals surface area contributed by atoms with Crippen molar-refractivity contribution in [2.75, 3.05) is 10.2 Å². The summed E-state index contributed by atoms with van der Waals surface area (Å²) in [4.78, 5) is 18.6. The number of H-pyrrole nitrogens is 1. The molecular weight excluding hydrogens is 334 g/mol. The quantitative estimate of drug-likeness (QED) is 0.552. The van der Waals surface area contributed by atoms with Gasteiger partial charge in [0, 0.05) is 29.2 Å².